The summed E-state index contributed by atoms with van der Waals surface area (Å²) < 4.78 is 0.945. The molecule has 0 spiro atoms. The van der Waals surface area contributed by atoms with E-state index in [4.69, 9.17) is 5.41 Å². The second-order valence-corrected chi connectivity index (χ2v) is 9.28. The highest BCUT2D eigenvalue weighted by molar-refractivity contribution is 9.10. The molecule has 3 aromatic rings. The van der Waals surface area contributed by atoms with Crippen LogP contribution < -0.4 is 5.32 Å². The van der Waals surface area contributed by atoms with E-state index < -0.39 is 11.5 Å². The Morgan fingerprint density at radius 1 is 1.20 bits per heavy atom. The number of thiophene rings is 1. The number of carbonyl (C=O) groups excluding carboxylic acids is 1. The standard InChI is InChI=1S/C23H19BrN4OS/c1-23(19-11-17(13-30-19)16-5-3-4-14(10-16)12-25)20(15-6-8-18(24)9-7-15)21(29)28(2)22(26)27-23/h3-11,13,20H,1-2H3,(H2,26,27)/t20?,23-/m1/s1. The lowest BCUT2D eigenvalue weighted by molar-refractivity contribution is -0.131. The fourth-order valence-corrected chi connectivity index (χ4v) is 5.15. The van der Waals surface area contributed by atoms with Crippen LogP contribution in [-0.4, -0.2) is 23.8 Å². The van der Waals surface area contributed by atoms with Gasteiger partial charge in [0, 0.05) is 16.4 Å². The number of nitrogens with one attached hydrogen (secondary N) is 2. The molecule has 1 aliphatic rings. The van der Waals surface area contributed by atoms with Gasteiger partial charge in [0.1, 0.15) is 0 Å². The van der Waals surface area contributed by atoms with Crippen LogP contribution >= 0.6 is 27.3 Å². The van der Waals surface area contributed by atoms with Crippen LogP contribution in [0.15, 0.2) is 64.5 Å². The minimum absolute atomic E-state index is 0.0808. The Bertz CT molecular complexity index is 1180. The maximum absolute atomic E-state index is 13.3. The fourth-order valence-electron chi connectivity index (χ4n) is 3.82. The van der Waals surface area contributed by atoms with Crippen molar-refractivity contribution in [3.63, 3.8) is 0 Å². The quantitative estimate of drug-likeness (QED) is 0.552. The average Bonchev–Trinajstić information content (AvgIpc) is 3.25. The van der Waals surface area contributed by atoms with Crippen molar-refractivity contribution >= 4 is 39.1 Å². The predicted molar refractivity (Wildman–Crippen MR) is 122 cm³/mol. The van der Waals surface area contributed by atoms with E-state index in [1.807, 2.05) is 60.8 Å². The Balaban J connectivity index is 1.81. The van der Waals surface area contributed by atoms with E-state index in [-0.39, 0.29) is 11.9 Å². The third-order valence-electron chi connectivity index (χ3n) is 5.51. The molecule has 2 N–H and O–H groups in total. The second-order valence-electron chi connectivity index (χ2n) is 7.45. The molecule has 150 valence electrons. The van der Waals surface area contributed by atoms with Gasteiger partial charge in [-0.1, -0.05) is 40.2 Å². The molecular formula is C23H19BrN4OS. The van der Waals surface area contributed by atoms with Crippen molar-refractivity contribution in [3.8, 4) is 17.2 Å². The second kappa shape index (κ2) is 7.71. The maximum atomic E-state index is 13.3. The first-order valence-corrected chi connectivity index (χ1v) is 11.0. The number of benzene rings is 2. The van der Waals surface area contributed by atoms with Crippen LogP contribution in [0.3, 0.4) is 0 Å². The van der Waals surface area contributed by atoms with E-state index >= 15 is 0 Å². The van der Waals surface area contributed by atoms with E-state index in [2.05, 4.69) is 27.3 Å². The highest BCUT2D eigenvalue weighted by atomic mass is 79.9. The Hall–Kier alpha value is -2.95. The van der Waals surface area contributed by atoms with E-state index in [1.165, 1.54) is 4.90 Å². The molecule has 2 aromatic carbocycles. The Morgan fingerprint density at radius 3 is 2.63 bits per heavy atom. The van der Waals surface area contributed by atoms with Crippen LogP contribution in [0.25, 0.3) is 11.1 Å². The zero-order chi connectivity index (χ0) is 21.5. The highest BCUT2D eigenvalue weighted by Gasteiger charge is 2.49. The van der Waals surface area contributed by atoms with Crippen molar-refractivity contribution in [2.45, 2.75) is 18.4 Å². The Morgan fingerprint density at radius 2 is 1.93 bits per heavy atom. The SMILES string of the molecule is CN1C(=N)N[C@](C)(c2cc(-c3cccc(C#N)c3)cs2)C(c2ccc(Br)cc2)C1=O. The molecule has 2 heterocycles. The molecule has 30 heavy (non-hydrogen) atoms. The van der Waals surface area contributed by atoms with Gasteiger partial charge in [0.25, 0.3) is 0 Å². The Kier molecular flexibility index (Phi) is 5.22. The normalized spacial score (nSPS) is 21.3. The largest absolute Gasteiger partial charge is 0.345 e. The number of nitrogens with zero attached hydrogens (tertiary/aromatic N) is 2. The Labute approximate surface area is 187 Å². The zero-order valence-electron chi connectivity index (χ0n) is 16.4. The van der Waals surface area contributed by atoms with Gasteiger partial charge in [-0.2, -0.15) is 5.26 Å². The highest BCUT2D eigenvalue weighted by Crippen LogP contribution is 2.44. The molecular weight excluding hydrogens is 460 g/mol. The monoisotopic (exact) mass is 478 g/mol. The van der Waals surface area contributed by atoms with Crippen LogP contribution in [0.2, 0.25) is 0 Å². The van der Waals surface area contributed by atoms with Crippen molar-refractivity contribution in [2.75, 3.05) is 7.05 Å². The van der Waals surface area contributed by atoms with Gasteiger partial charge in [-0.3, -0.25) is 15.1 Å². The molecule has 1 saturated heterocycles. The molecule has 1 aliphatic heterocycles. The van der Waals surface area contributed by atoms with Gasteiger partial charge < -0.3 is 5.32 Å². The number of likely N-dealkylation sites (N-methyl/N-ethyl adjacent to an activating group) is 1. The first kappa shape index (κ1) is 20.3. The zero-order valence-corrected chi connectivity index (χ0v) is 18.8. The molecule has 0 aliphatic carbocycles. The van der Waals surface area contributed by atoms with Gasteiger partial charge in [-0.25, -0.2) is 0 Å². The maximum Gasteiger partial charge on any atom is 0.239 e. The summed E-state index contributed by atoms with van der Waals surface area (Å²) in [4.78, 5) is 15.6. The smallest absolute Gasteiger partial charge is 0.239 e. The van der Waals surface area contributed by atoms with Crippen molar-refractivity contribution in [3.05, 3.63) is 80.5 Å². The summed E-state index contributed by atoms with van der Waals surface area (Å²) in [5, 5.41) is 22.8. The molecule has 2 atom stereocenters. The van der Waals surface area contributed by atoms with Gasteiger partial charge in [0.05, 0.1) is 23.1 Å². The summed E-state index contributed by atoms with van der Waals surface area (Å²) in [6, 6.07) is 19.4. The van der Waals surface area contributed by atoms with Gasteiger partial charge in [0.15, 0.2) is 5.96 Å². The lowest BCUT2D eigenvalue weighted by atomic mass is 9.76. The fraction of sp³-hybridized carbons (Fsp3) is 0.174. The predicted octanol–water partition coefficient (Wildman–Crippen LogP) is 5.04. The van der Waals surface area contributed by atoms with Crippen molar-refractivity contribution in [1.82, 2.24) is 10.2 Å². The van der Waals surface area contributed by atoms with Crippen LogP contribution in [-0.2, 0) is 10.3 Å². The first-order valence-electron chi connectivity index (χ1n) is 9.33. The number of nitriles is 1. The average molecular weight is 479 g/mol. The van der Waals surface area contributed by atoms with Gasteiger partial charge in [-0.15, -0.1) is 11.3 Å². The topological polar surface area (TPSA) is 80.0 Å². The third kappa shape index (κ3) is 3.42. The minimum atomic E-state index is -0.774. The number of guanidine groups is 1. The number of carbonyl (C=O) groups is 1. The summed E-state index contributed by atoms with van der Waals surface area (Å²) in [7, 11) is 1.62. The van der Waals surface area contributed by atoms with E-state index in [0.29, 0.717) is 5.56 Å². The van der Waals surface area contributed by atoms with Crippen molar-refractivity contribution < 1.29 is 4.79 Å². The van der Waals surface area contributed by atoms with Crippen molar-refractivity contribution in [1.29, 1.82) is 10.7 Å². The molecule has 0 saturated carbocycles. The van der Waals surface area contributed by atoms with Crippen molar-refractivity contribution in [2.24, 2.45) is 0 Å². The number of halogens is 1. The minimum Gasteiger partial charge on any atom is -0.345 e. The van der Waals surface area contributed by atoms with Gasteiger partial charge >= 0.3 is 0 Å². The molecule has 1 aromatic heterocycles. The van der Waals surface area contributed by atoms with Crippen LogP contribution in [0.5, 0.6) is 0 Å². The number of amides is 1. The molecule has 7 heteroatoms. The van der Waals surface area contributed by atoms with E-state index in [9.17, 15) is 10.1 Å². The summed E-state index contributed by atoms with van der Waals surface area (Å²) >= 11 is 5.00. The lowest BCUT2D eigenvalue weighted by Crippen LogP contribution is -2.62. The van der Waals surface area contributed by atoms with E-state index in [0.717, 1.165) is 26.0 Å². The van der Waals surface area contributed by atoms with E-state index in [1.54, 1.807) is 24.5 Å². The number of rotatable bonds is 3. The van der Waals surface area contributed by atoms with Crippen LogP contribution in [0.1, 0.15) is 28.8 Å². The lowest BCUT2D eigenvalue weighted by Gasteiger charge is -2.45. The molecule has 1 fully saturated rings. The molecule has 0 bridgehead atoms. The molecule has 5 nitrogen and oxygen atoms in total. The molecule has 1 amide bonds. The third-order valence-corrected chi connectivity index (χ3v) is 7.20. The molecule has 0 radical (unpaired) electrons. The first-order chi connectivity index (χ1) is 14.3. The molecule has 1 unspecified atom stereocenters. The summed E-state index contributed by atoms with van der Waals surface area (Å²) in [6.07, 6.45) is 0. The summed E-state index contributed by atoms with van der Waals surface area (Å²) in [6.45, 7) is 1.97. The van der Waals surface area contributed by atoms with Gasteiger partial charge in [-0.05, 0) is 59.3 Å². The van der Waals surface area contributed by atoms with Gasteiger partial charge in [0.2, 0.25) is 5.91 Å². The number of hydrogen-bond donors (Lipinski definition) is 2. The summed E-state index contributed by atoms with van der Waals surface area (Å²) in [5.74, 6) is -0.524. The number of hydrogen-bond acceptors (Lipinski definition) is 4. The summed E-state index contributed by atoms with van der Waals surface area (Å²) in [5.41, 5.74) is 2.66. The molecule has 4 rings (SSSR count). The van der Waals surface area contributed by atoms with Crippen LogP contribution in [0.4, 0.5) is 0 Å². The van der Waals surface area contributed by atoms with Crippen LogP contribution in [0, 0.1) is 16.7 Å².